The Morgan fingerprint density at radius 1 is 0.769 bits per heavy atom. The first-order chi connectivity index (χ1) is 18.8. The largest absolute Gasteiger partial charge is 0.459 e. The molecule has 0 saturated heterocycles. The third kappa shape index (κ3) is 6.52. The standard InChI is InChI=1S/C31H32N2O6/c1-19(2)27(29(35)32-28(20(3)34)30(36)38-17-21-11-5-4-6-12-21)33-31(37)39-18-26-24-15-9-7-13-22(24)23-14-8-10-16-25(23)26/h4-16,19,26-28H,17-18H2,1-3H3,(H,32,35)(H,33,37)/t27-,28-/m0/s1. The van der Waals surface area contributed by atoms with Crippen LogP contribution >= 0.6 is 0 Å². The van der Waals surface area contributed by atoms with Crippen molar-refractivity contribution in [1.29, 1.82) is 0 Å². The average Bonchev–Trinajstić information content (AvgIpc) is 3.26. The van der Waals surface area contributed by atoms with Crippen molar-refractivity contribution in [1.82, 2.24) is 10.6 Å². The van der Waals surface area contributed by atoms with Gasteiger partial charge in [0.15, 0.2) is 11.8 Å². The number of ketones is 1. The average molecular weight is 529 g/mol. The molecule has 0 aliphatic heterocycles. The molecular weight excluding hydrogens is 496 g/mol. The van der Waals surface area contributed by atoms with Crippen LogP contribution in [0.25, 0.3) is 11.1 Å². The summed E-state index contributed by atoms with van der Waals surface area (Å²) in [5, 5.41) is 5.02. The number of hydrogen-bond donors (Lipinski definition) is 2. The number of alkyl carbamates (subject to hydrolysis) is 1. The van der Waals surface area contributed by atoms with Gasteiger partial charge in [-0.05, 0) is 40.7 Å². The van der Waals surface area contributed by atoms with Gasteiger partial charge in [-0.15, -0.1) is 0 Å². The van der Waals surface area contributed by atoms with Crippen molar-refractivity contribution in [3.63, 3.8) is 0 Å². The van der Waals surface area contributed by atoms with Crippen LogP contribution in [0.2, 0.25) is 0 Å². The number of nitrogens with one attached hydrogen (secondary N) is 2. The number of ether oxygens (including phenoxy) is 2. The van der Waals surface area contributed by atoms with Gasteiger partial charge in [0.2, 0.25) is 5.91 Å². The van der Waals surface area contributed by atoms with E-state index >= 15 is 0 Å². The van der Waals surface area contributed by atoms with Crippen LogP contribution in [-0.4, -0.2) is 42.4 Å². The molecule has 2 atom stereocenters. The molecule has 8 heteroatoms. The van der Waals surface area contributed by atoms with Crippen molar-refractivity contribution in [3.8, 4) is 11.1 Å². The molecule has 3 aromatic rings. The van der Waals surface area contributed by atoms with E-state index in [1.807, 2.05) is 54.6 Å². The Kier molecular flexibility index (Phi) is 8.76. The van der Waals surface area contributed by atoms with Gasteiger partial charge in [0.05, 0.1) is 0 Å². The first-order valence-electron chi connectivity index (χ1n) is 12.9. The number of benzene rings is 3. The normalized spacial score (nSPS) is 13.5. The summed E-state index contributed by atoms with van der Waals surface area (Å²) in [5.41, 5.74) is 5.11. The Morgan fingerprint density at radius 3 is 1.90 bits per heavy atom. The number of rotatable bonds is 10. The highest BCUT2D eigenvalue weighted by Gasteiger charge is 2.33. The van der Waals surface area contributed by atoms with Crippen LogP contribution in [0.5, 0.6) is 0 Å². The van der Waals surface area contributed by atoms with Gasteiger partial charge >= 0.3 is 12.1 Å². The van der Waals surface area contributed by atoms with Crippen molar-refractivity contribution >= 4 is 23.8 Å². The SMILES string of the molecule is CC(=O)[C@H](NC(=O)[C@@H](NC(=O)OCC1c2ccccc2-c2ccccc21)C(C)C)C(=O)OCc1ccccc1. The molecule has 202 valence electrons. The highest BCUT2D eigenvalue weighted by molar-refractivity contribution is 6.05. The summed E-state index contributed by atoms with van der Waals surface area (Å²) < 4.78 is 10.8. The Hall–Kier alpha value is -4.46. The van der Waals surface area contributed by atoms with Gasteiger partial charge < -0.3 is 20.1 Å². The maximum absolute atomic E-state index is 13.1. The molecule has 0 bridgehead atoms. The van der Waals surface area contributed by atoms with Crippen LogP contribution in [0, 0.1) is 5.92 Å². The Balaban J connectivity index is 1.37. The number of carbonyl (C=O) groups is 4. The van der Waals surface area contributed by atoms with Crippen molar-refractivity contribution < 1.29 is 28.7 Å². The second-order valence-corrected chi connectivity index (χ2v) is 9.84. The van der Waals surface area contributed by atoms with Gasteiger partial charge in [-0.25, -0.2) is 9.59 Å². The fourth-order valence-electron chi connectivity index (χ4n) is 4.67. The molecule has 39 heavy (non-hydrogen) atoms. The number of fused-ring (bicyclic) bond motifs is 3. The van der Waals surface area contributed by atoms with Gasteiger partial charge in [0.25, 0.3) is 0 Å². The van der Waals surface area contributed by atoms with Crippen LogP contribution < -0.4 is 10.6 Å². The summed E-state index contributed by atoms with van der Waals surface area (Å²) in [7, 11) is 0. The summed E-state index contributed by atoms with van der Waals surface area (Å²) in [4.78, 5) is 50.6. The number of carbonyl (C=O) groups excluding carboxylic acids is 4. The maximum atomic E-state index is 13.1. The molecule has 1 aliphatic carbocycles. The second kappa shape index (κ2) is 12.4. The summed E-state index contributed by atoms with van der Waals surface area (Å²) in [6, 6.07) is 22.4. The molecule has 3 aromatic carbocycles. The highest BCUT2D eigenvalue weighted by atomic mass is 16.5. The molecule has 0 fully saturated rings. The summed E-state index contributed by atoms with van der Waals surface area (Å²) >= 11 is 0. The molecule has 0 saturated carbocycles. The smallest absolute Gasteiger partial charge is 0.407 e. The van der Waals surface area contributed by atoms with E-state index in [4.69, 9.17) is 9.47 Å². The minimum Gasteiger partial charge on any atom is -0.459 e. The highest BCUT2D eigenvalue weighted by Crippen LogP contribution is 2.44. The van der Waals surface area contributed by atoms with Crippen molar-refractivity contribution in [2.45, 2.75) is 45.4 Å². The van der Waals surface area contributed by atoms with E-state index in [9.17, 15) is 19.2 Å². The lowest BCUT2D eigenvalue weighted by molar-refractivity contribution is -0.152. The van der Waals surface area contributed by atoms with Gasteiger partial charge in [-0.3, -0.25) is 9.59 Å². The molecule has 0 spiro atoms. The van der Waals surface area contributed by atoms with Crippen LogP contribution in [0.1, 0.15) is 43.4 Å². The number of hydrogen-bond acceptors (Lipinski definition) is 6. The van der Waals surface area contributed by atoms with E-state index in [2.05, 4.69) is 10.6 Å². The van der Waals surface area contributed by atoms with E-state index in [1.165, 1.54) is 6.92 Å². The molecule has 0 heterocycles. The third-order valence-electron chi connectivity index (χ3n) is 6.72. The first kappa shape index (κ1) is 27.6. The molecule has 0 aromatic heterocycles. The molecule has 1 aliphatic rings. The third-order valence-corrected chi connectivity index (χ3v) is 6.72. The number of Topliss-reactive ketones (excluding diaryl/α,β-unsaturated/α-hetero) is 1. The quantitative estimate of drug-likeness (QED) is 0.299. The van der Waals surface area contributed by atoms with Gasteiger partial charge in [-0.1, -0.05) is 92.7 Å². The topological polar surface area (TPSA) is 111 Å². The Labute approximate surface area is 227 Å². The van der Waals surface area contributed by atoms with E-state index in [1.54, 1.807) is 38.1 Å². The fraction of sp³-hybridized carbons (Fsp3) is 0.290. The second-order valence-electron chi connectivity index (χ2n) is 9.84. The molecule has 2 amide bonds. The van der Waals surface area contributed by atoms with E-state index < -0.39 is 35.8 Å². The lowest BCUT2D eigenvalue weighted by Crippen LogP contribution is -2.55. The van der Waals surface area contributed by atoms with E-state index in [0.717, 1.165) is 27.8 Å². The monoisotopic (exact) mass is 528 g/mol. The van der Waals surface area contributed by atoms with Gasteiger partial charge in [0, 0.05) is 5.92 Å². The zero-order chi connectivity index (χ0) is 27.9. The molecule has 0 unspecified atom stereocenters. The predicted octanol–water partition coefficient (Wildman–Crippen LogP) is 4.37. The molecule has 4 rings (SSSR count). The number of esters is 1. The Bertz CT molecular complexity index is 1310. The van der Waals surface area contributed by atoms with Crippen LogP contribution in [0.4, 0.5) is 4.79 Å². The molecule has 2 N–H and O–H groups in total. The van der Waals surface area contributed by atoms with Crippen LogP contribution in [0.3, 0.4) is 0 Å². The minimum absolute atomic E-state index is 0.0368. The maximum Gasteiger partial charge on any atom is 0.407 e. The molecule has 0 radical (unpaired) electrons. The number of amides is 2. The van der Waals surface area contributed by atoms with Crippen LogP contribution in [0.15, 0.2) is 78.9 Å². The molecular formula is C31H32N2O6. The van der Waals surface area contributed by atoms with Gasteiger partial charge in [-0.2, -0.15) is 0 Å². The zero-order valence-corrected chi connectivity index (χ0v) is 22.2. The predicted molar refractivity (Wildman–Crippen MR) is 146 cm³/mol. The minimum atomic E-state index is -1.49. The fourth-order valence-corrected chi connectivity index (χ4v) is 4.67. The van der Waals surface area contributed by atoms with E-state index in [0.29, 0.717) is 0 Å². The van der Waals surface area contributed by atoms with Gasteiger partial charge in [0.1, 0.15) is 19.3 Å². The van der Waals surface area contributed by atoms with E-state index in [-0.39, 0.29) is 25.0 Å². The summed E-state index contributed by atoms with van der Waals surface area (Å²) in [6.07, 6.45) is -0.767. The van der Waals surface area contributed by atoms with Crippen molar-refractivity contribution in [2.24, 2.45) is 5.92 Å². The zero-order valence-electron chi connectivity index (χ0n) is 22.2. The van der Waals surface area contributed by atoms with Crippen LogP contribution in [-0.2, 0) is 30.5 Å². The lowest BCUT2D eigenvalue weighted by atomic mass is 9.98. The Morgan fingerprint density at radius 2 is 1.33 bits per heavy atom. The molecule has 8 nitrogen and oxygen atoms in total. The summed E-state index contributed by atoms with van der Waals surface area (Å²) in [6.45, 7) is 4.73. The van der Waals surface area contributed by atoms with Crippen molar-refractivity contribution in [2.75, 3.05) is 6.61 Å². The summed E-state index contributed by atoms with van der Waals surface area (Å²) in [5.74, 6) is -2.61. The lowest BCUT2D eigenvalue weighted by Gasteiger charge is -2.24. The first-order valence-corrected chi connectivity index (χ1v) is 12.9. The van der Waals surface area contributed by atoms with Crippen molar-refractivity contribution in [3.05, 3.63) is 95.6 Å².